The summed E-state index contributed by atoms with van der Waals surface area (Å²) >= 11 is 32.4. The largest absolute Gasteiger partial charge is 0.367 e. The smallest absolute Gasteiger partial charge is 0.0809 e. The van der Waals surface area contributed by atoms with Gasteiger partial charge in [-0.1, -0.05) is 76.2 Å². The molecule has 7 heteroatoms. The van der Waals surface area contributed by atoms with Crippen molar-refractivity contribution in [3.63, 3.8) is 0 Å². The summed E-state index contributed by atoms with van der Waals surface area (Å²) in [6, 6.07) is 8.99. The van der Waals surface area contributed by atoms with Crippen LogP contribution in [-0.2, 0) is 6.42 Å². The Kier molecular flexibility index (Phi) is 6.07. The van der Waals surface area contributed by atoms with E-state index in [-0.39, 0.29) is 15.1 Å². The molecule has 2 aromatic carbocycles. The second kappa shape index (κ2) is 7.73. The van der Waals surface area contributed by atoms with Gasteiger partial charge in [-0.2, -0.15) is 0 Å². The Balaban J connectivity index is 1.74. The van der Waals surface area contributed by atoms with Gasteiger partial charge in [-0.3, -0.25) is 0 Å². The van der Waals surface area contributed by atoms with Crippen LogP contribution >= 0.6 is 69.8 Å². The molecule has 0 spiro atoms. The minimum atomic E-state index is 0.194. The Bertz CT molecular complexity index is 751. The molecule has 0 N–H and O–H groups in total. The van der Waals surface area contributed by atoms with Gasteiger partial charge in [-0.15, -0.1) is 11.8 Å². The highest BCUT2D eigenvalue weighted by Gasteiger charge is 2.25. The van der Waals surface area contributed by atoms with E-state index in [9.17, 15) is 0 Å². The second-order valence-corrected chi connectivity index (χ2v) is 8.62. The number of nitrogens with zero attached hydrogens (tertiary/aromatic N) is 1. The molecule has 1 atom stereocenters. The van der Waals surface area contributed by atoms with Crippen molar-refractivity contribution in [3.8, 4) is 0 Å². The van der Waals surface area contributed by atoms with Gasteiger partial charge in [0.05, 0.1) is 25.1 Å². The number of rotatable bonds is 4. The Hall–Kier alpha value is 0.0400. The fourth-order valence-corrected chi connectivity index (χ4v) is 5.46. The van der Waals surface area contributed by atoms with Crippen molar-refractivity contribution < 1.29 is 0 Å². The summed E-state index contributed by atoms with van der Waals surface area (Å²) in [6.45, 7) is 3.12. The number of benzene rings is 2. The molecule has 24 heavy (non-hydrogen) atoms. The molecule has 2 aromatic rings. The number of hydrogen-bond donors (Lipinski definition) is 0. The Morgan fingerprint density at radius 2 is 1.54 bits per heavy atom. The average molecular weight is 442 g/mol. The number of thioether (sulfide) groups is 1. The first-order valence-electron chi connectivity index (χ1n) is 7.40. The maximum Gasteiger partial charge on any atom is 0.0809 e. The zero-order valence-electron chi connectivity index (χ0n) is 12.8. The zero-order chi connectivity index (χ0) is 17.4. The van der Waals surface area contributed by atoms with Crippen LogP contribution in [0.3, 0.4) is 0 Å². The van der Waals surface area contributed by atoms with Crippen molar-refractivity contribution >= 4 is 75.5 Å². The predicted octanol–water partition coefficient (Wildman–Crippen LogP) is 7.50. The van der Waals surface area contributed by atoms with Gasteiger partial charge in [0.2, 0.25) is 0 Å². The Morgan fingerprint density at radius 3 is 2.21 bits per heavy atom. The van der Waals surface area contributed by atoms with Crippen molar-refractivity contribution in [2.45, 2.75) is 24.3 Å². The van der Waals surface area contributed by atoms with E-state index >= 15 is 0 Å². The second-order valence-electron chi connectivity index (χ2n) is 5.62. The lowest BCUT2D eigenvalue weighted by atomic mass is 10.1. The third-order valence-corrected chi connectivity index (χ3v) is 7.68. The lowest BCUT2D eigenvalue weighted by Gasteiger charge is -2.25. The number of para-hydroxylation sites is 1. The quantitative estimate of drug-likeness (QED) is 0.275. The summed E-state index contributed by atoms with van der Waals surface area (Å²) < 4.78 is 0. The third kappa shape index (κ3) is 3.47. The highest BCUT2D eigenvalue weighted by atomic mass is 35.5. The van der Waals surface area contributed by atoms with E-state index in [1.54, 1.807) is 11.8 Å². The van der Waals surface area contributed by atoms with Gasteiger partial charge in [-0.25, -0.2) is 0 Å². The molecule has 1 nitrogen and oxygen atoms in total. The van der Waals surface area contributed by atoms with Gasteiger partial charge in [0.25, 0.3) is 0 Å². The molecule has 1 heterocycles. The Morgan fingerprint density at radius 1 is 0.958 bits per heavy atom. The molecule has 1 aliphatic heterocycles. The van der Waals surface area contributed by atoms with E-state index in [0.717, 1.165) is 18.7 Å². The predicted molar refractivity (Wildman–Crippen MR) is 109 cm³/mol. The third-order valence-electron chi connectivity index (χ3n) is 4.10. The van der Waals surface area contributed by atoms with Gasteiger partial charge in [0.15, 0.2) is 0 Å². The lowest BCUT2D eigenvalue weighted by molar-refractivity contribution is 0.693. The fourth-order valence-electron chi connectivity index (χ4n) is 2.93. The normalized spacial score (nSPS) is 16.6. The first-order chi connectivity index (χ1) is 11.4. The summed E-state index contributed by atoms with van der Waals surface area (Å²) in [5, 5.41) is 1.40. The van der Waals surface area contributed by atoms with Crippen LogP contribution in [0.4, 0.5) is 5.69 Å². The molecule has 128 valence electrons. The molecule has 0 bridgehead atoms. The number of fused-ring (bicyclic) bond motifs is 1. The van der Waals surface area contributed by atoms with E-state index in [4.69, 9.17) is 58.0 Å². The molecule has 0 aromatic heterocycles. The van der Waals surface area contributed by atoms with Crippen molar-refractivity contribution in [3.05, 3.63) is 54.9 Å². The topological polar surface area (TPSA) is 3.24 Å². The van der Waals surface area contributed by atoms with E-state index in [1.165, 1.54) is 11.3 Å². The molecule has 0 fully saturated rings. The maximum atomic E-state index is 6.29. The van der Waals surface area contributed by atoms with E-state index in [2.05, 4.69) is 36.1 Å². The van der Waals surface area contributed by atoms with Crippen LogP contribution in [0.2, 0.25) is 25.1 Å². The number of halogens is 5. The van der Waals surface area contributed by atoms with Crippen LogP contribution in [0, 0.1) is 0 Å². The van der Waals surface area contributed by atoms with Crippen LogP contribution in [0.1, 0.15) is 12.5 Å². The molecule has 3 rings (SSSR count). The van der Waals surface area contributed by atoms with E-state index in [1.807, 2.05) is 0 Å². The van der Waals surface area contributed by atoms with Crippen LogP contribution in [-0.4, -0.2) is 18.3 Å². The highest BCUT2D eigenvalue weighted by Crippen LogP contribution is 2.48. The summed E-state index contributed by atoms with van der Waals surface area (Å²) in [4.78, 5) is 3.08. The monoisotopic (exact) mass is 439 g/mol. The fraction of sp³-hybridized carbons (Fsp3) is 0.294. The zero-order valence-corrected chi connectivity index (χ0v) is 17.3. The maximum absolute atomic E-state index is 6.29. The van der Waals surface area contributed by atoms with Gasteiger partial charge < -0.3 is 4.90 Å². The lowest BCUT2D eigenvalue weighted by Crippen LogP contribution is -2.31. The minimum absolute atomic E-state index is 0.194. The van der Waals surface area contributed by atoms with Crippen molar-refractivity contribution in [2.75, 3.05) is 17.2 Å². The van der Waals surface area contributed by atoms with Gasteiger partial charge in [-0.05, 0) is 25.0 Å². The van der Waals surface area contributed by atoms with Crippen LogP contribution in [0.5, 0.6) is 0 Å². The van der Waals surface area contributed by atoms with E-state index in [0.29, 0.717) is 21.0 Å². The minimum Gasteiger partial charge on any atom is -0.367 e. The summed E-state index contributed by atoms with van der Waals surface area (Å²) in [5.41, 5.74) is 2.69. The number of hydrogen-bond acceptors (Lipinski definition) is 2. The molecular weight excluding hydrogens is 428 g/mol. The molecular formula is C17H14Cl5NS. The molecule has 0 aliphatic carbocycles. The van der Waals surface area contributed by atoms with Crippen molar-refractivity contribution in [2.24, 2.45) is 0 Å². The molecule has 0 amide bonds. The summed E-state index contributed by atoms with van der Waals surface area (Å²) in [6.07, 6.45) is 1.07. The van der Waals surface area contributed by atoms with Crippen LogP contribution in [0.25, 0.3) is 0 Å². The SMILES string of the molecule is CC1Cc2ccccc2N1CCSc1c(Cl)c(Cl)c(Cl)c(Cl)c1Cl. The van der Waals surface area contributed by atoms with Gasteiger partial charge in [0, 0.05) is 28.9 Å². The van der Waals surface area contributed by atoms with Crippen LogP contribution < -0.4 is 4.90 Å². The standard InChI is InChI=1S/C17H14Cl5NS/c1-9-8-10-4-2-3-5-11(10)23(9)6-7-24-17-15(21)13(19)12(18)14(20)16(17)22/h2-5,9H,6-8H2,1H3. The molecule has 1 aliphatic rings. The van der Waals surface area contributed by atoms with Crippen LogP contribution in [0.15, 0.2) is 29.2 Å². The number of anilines is 1. The first-order valence-corrected chi connectivity index (χ1v) is 10.3. The summed E-state index contributed by atoms with van der Waals surface area (Å²) in [7, 11) is 0. The first kappa shape index (κ1) is 18.8. The average Bonchev–Trinajstić information content (AvgIpc) is 2.90. The molecule has 0 saturated heterocycles. The molecule has 0 radical (unpaired) electrons. The van der Waals surface area contributed by atoms with Crippen molar-refractivity contribution in [1.29, 1.82) is 0 Å². The molecule has 0 saturated carbocycles. The van der Waals surface area contributed by atoms with Gasteiger partial charge >= 0.3 is 0 Å². The van der Waals surface area contributed by atoms with Crippen molar-refractivity contribution in [1.82, 2.24) is 0 Å². The van der Waals surface area contributed by atoms with Gasteiger partial charge in [0.1, 0.15) is 0 Å². The highest BCUT2D eigenvalue weighted by molar-refractivity contribution is 7.99. The molecule has 1 unspecified atom stereocenters. The summed E-state index contributed by atoms with van der Waals surface area (Å²) in [5.74, 6) is 0.812. The Labute approximate surface area is 171 Å². The van der Waals surface area contributed by atoms with E-state index < -0.39 is 0 Å².